The van der Waals surface area contributed by atoms with Crippen LogP contribution in [0.25, 0.3) is 10.9 Å². The molecule has 32 heavy (non-hydrogen) atoms. The largest absolute Gasteiger partial charge is 0.489 e. The molecule has 0 radical (unpaired) electrons. The highest BCUT2D eigenvalue weighted by molar-refractivity contribution is 6.01. The first-order valence-electron chi connectivity index (χ1n) is 10.7. The molecule has 1 heterocycles. The van der Waals surface area contributed by atoms with Crippen molar-refractivity contribution in [2.24, 2.45) is 0 Å². The lowest BCUT2D eigenvalue weighted by Crippen LogP contribution is -2.18. The van der Waals surface area contributed by atoms with Gasteiger partial charge >= 0.3 is 0 Å². The van der Waals surface area contributed by atoms with Crippen molar-refractivity contribution in [3.05, 3.63) is 90.1 Å². The Labute approximate surface area is 188 Å². The molecule has 6 heteroatoms. The van der Waals surface area contributed by atoms with Gasteiger partial charge in [0.05, 0.1) is 24.2 Å². The number of amides is 1. The van der Waals surface area contributed by atoms with Gasteiger partial charge in [-0.3, -0.25) is 9.48 Å². The highest BCUT2D eigenvalue weighted by atomic mass is 16.5. The maximum atomic E-state index is 12.7. The monoisotopic (exact) mass is 428 g/mol. The number of hydrogen-bond acceptors (Lipinski definition) is 4. The molecule has 0 aliphatic heterocycles. The van der Waals surface area contributed by atoms with Crippen molar-refractivity contribution in [1.82, 2.24) is 14.7 Å². The van der Waals surface area contributed by atoms with Gasteiger partial charge in [0.15, 0.2) is 0 Å². The quantitative estimate of drug-likeness (QED) is 0.430. The Hall–Kier alpha value is -3.64. The van der Waals surface area contributed by atoms with E-state index in [-0.39, 0.29) is 5.91 Å². The van der Waals surface area contributed by atoms with E-state index >= 15 is 0 Å². The third-order valence-electron chi connectivity index (χ3n) is 5.18. The Morgan fingerprint density at radius 2 is 1.75 bits per heavy atom. The van der Waals surface area contributed by atoms with E-state index in [0.29, 0.717) is 13.0 Å². The highest BCUT2D eigenvalue weighted by Gasteiger charge is 2.10. The highest BCUT2D eigenvalue weighted by Crippen LogP contribution is 2.23. The van der Waals surface area contributed by atoms with Crippen LogP contribution in [0.1, 0.15) is 11.1 Å². The normalized spacial score (nSPS) is 11.1. The minimum atomic E-state index is -0.0588. The van der Waals surface area contributed by atoms with Crippen molar-refractivity contribution >= 4 is 22.5 Å². The summed E-state index contributed by atoms with van der Waals surface area (Å²) in [5.74, 6) is 0.726. The first-order chi connectivity index (χ1) is 15.6. The van der Waals surface area contributed by atoms with Gasteiger partial charge in [0.2, 0.25) is 5.91 Å². The zero-order valence-corrected chi connectivity index (χ0v) is 18.5. The molecule has 0 saturated heterocycles. The summed E-state index contributed by atoms with van der Waals surface area (Å²) in [4.78, 5) is 14.8. The summed E-state index contributed by atoms with van der Waals surface area (Å²) >= 11 is 0. The summed E-state index contributed by atoms with van der Waals surface area (Å²) in [6.07, 6.45) is 2.29. The molecule has 164 valence electrons. The van der Waals surface area contributed by atoms with Crippen LogP contribution in [0.15, 0.2) is 79.0 Å². The standard InChI is InChI=1S/C26H28N4O2/c1-29(2)15-16-30-18-23-24(9-6-10-25(23)28-30)27-26(31)17-20-11-13-22(14-12-20)32-19-21-7-4-3-5-8-21/h3-14,18H,15-17,19H2,1-2H3,(H,27,31). The first kappa shape index (κ1) is 21.6. The van der Waals surface area contributed by atoms with Crippen LogP contribution in [0.2, 0.25) is 0 Å². The maximum absolute atomic E-state index is 12.7. The summed E-state index contributed by atoms with van der Waals surface area (Å²) in [6, 6.07) is 23.5. The molecule has 0 unspecified atom stereocenters. The Morgan fingerprint density at radius 3 is 2.50 bits per heavy atom. The predicted octanol–water partition coefficient (Wildman–Crippen LogP) is 4.36. The number of nitrogens with one attached hydrogen (secondary N) is 1. The second-order valence-corrected chi connectivity index (χ2v) is 8.08. The van der Waals surface area contributed by atoms with E-state index in [1.54, 1.807) is 0 Å². The van der Waals surface area contributed by atoms with Crippen LogP contribution in [0.4, 0.5) is 5.69 Å². The number of nitrogens with zero attached hydrogens (tertiary/aromatic N) is 3. The molecule has 0 atom stereocenters. The SMILES string of the molecule is CN(C)CCn1cc2c(NC(=O)Cc3ccc(OCc4ccccc4)cc3)cccc2n1. The molecule has 0 fully saturated rings. The van der Waals surface area contributed by atoms with Gasteiger partial charge < -0.3 is 15.0 Å². The summed E-state index contributed by atoms with van der Waals surface area (Å²) in [6.45, 7) is 2.22. The Bertz CT molecular complexity index is 1170. The van der Waals surface area contributed by atoms with Crippen molar-refractivity contribution in [1.29, 1.82) is 0 Å². The third-order valence-corrected chi connectivity index (χ3v) is 5.18. The second-order valence-electron chi connectivity index (χ2n) is 8.08. The first-order valence-corrected chi connectivity index (χ1v) is 10.7. The van der Waals surface area contributed by atoms with E-state index in [0.717, 1.165) is 46.6 Å². The zero-order chi connectivity index (χ0) is 22.3. The predicted molar refractivity (Wildman–Crippen MR) is 128 cm³/mol. The van der Waals surface area contributed by atoms with E-state index in [1.165, 1.54) is 0 Å². The number of benzene rings is 3. The average molecular weight is 429 g/mol. The molecule has 1 amide bonds. The number of likely N-dealkylation sites (N-methyl/N-ethyl adjacent to an activating group) is 1. The maximum Gasteiger partial charge on any atom is 0.228 e. The van der Waals surface area contributed by atoms with Gasteiger partial charge in [-0.25, -0.2) is 0 Å². The van der Waals surface area contributed by atoms with Gasteiger partial charge in [0, 0.05) is 18.1 Å². The van der Waals surface area contributed by atoms with E-state index in [4.69, 9.17) is 4.74 Å². The number of fused-ring (bicyclic) bond motifs is 1. The molecule has 6 nitrogen and oxygen atoms in total. The molecule has 0 saturated carbocycles. The van der Waals surface area contributed by atoms with Crippen LogP contribution >= 0.6 is 0 Å². The van der Waals surface area contributed by atoms with Crippen molar-refractivity contribution in [3.63, 3.8) is 0 Å². The van der Waals surface area contributed by atoms with Crippen LogP contribution in [0, 0.1) is 0 Å². The number of carbonyl (C=O) groups excluding carboxylic acids is 1. The van der Waals surface area contributed by atoms with Gasteiger partial charge in [-0.15, -0.1) is 0 Å². The van der Waals surface area contributed by atoms with E-state index in [1.807, 2.05) is 97.8 Å². The molecular weight excluding hydrogens is 400 g/mol. The van der Waals surface area contributed by atoms with Crippen LogP contribution in [0.5, 0.6) is 5.75 Å². The number of hydrogen-bond donors (Lipinski definition) is 1. The van der Waals surface area contributed by atoms with Gasteiger partial charge in [-0.05, 0) is 49.5 Å². The average Bonchev–Trinajstić information content (AvgIpc) is 3.22. The van der Waals surface area contributed by atoms with Gasteiger partial charge in [-0.1, -0.05) is 48.5 Å². The Balaban J connectivity index is 1.35. The lowest BCUT2D eigenvalue weighted by Gasteiger charge is -2.09. The van der Waals surface area contributed by atoms with Crippen molar-refractivity contribution in [3.8, 4) is 5.75 Å². The fraction of sp³-hybridized carbons (Fsp3) is 0.231. The van der Waals surface area contributed by atoms with Crippen molar-refractivity contribution in [2.45, 2.75) is 19.6 Å². The van der Waals surface area contributed by atoms with E-state index in [2.05, 4.69) is 15.3 Å². The fourth-order valence-corrected chi connectivity index (χ4v) is 3.44. The fourth-order valence-electron chi connectivity index (χ4n) is 3.44. The van der Waals surface area contributed by atoms with Crippen molar-refractivity contribution in [2.75, 3.05) is 26.0 Å². The van der Waals surface area contributed by atoms with Gasteiger partial charge in [-0.2, -0.15) is 5.10 Å². The smallest absolute Gasteiger partial charge is 0.228 e. The van der Waals surface area contributed by atoms with Crippen LogP contribution in [-0.4, -0.2) is 41.2 Å². The Morgan fingerprint density at radius 1 is 0.969 bits per heavy atom. The zero-order valence-electron chi connectivity index (χ0n) is 18.5. The minimum Gasteiger partial charge on any atom is -0.489 e. The lowest BCUT2D eigenvalue weighted by molar-refractivity contribution is -0.115. The lowest BCUT2D eigenvalue weighted by atomic mass is 10.1. The molecule has 3 aromatic carbocycles. The molecule has 1 aromatic heterocycles. The number of carbonyl (C=O) groups is 1. The molecular formula is C26H28N4O2. The summed E-state index contributed by atoms with van der Waals surface area (Å²) in [7, 11) is 4.08. The second kappa shape index (κ2) is 10.1. The van der Waals surface area contributed by atoms with E-state index in [9.17, 15) is 4.79 Å². The molecule has 4 aromatic rings. The molecule has 1 N–H and O–H groups in total. The molecule has 0 bridgehead atoms. The summed E-state index contributed by atoms with van der Waals surface area (Å²) < 4.78 is 7.75. The number of ether oxygens (including phenoxy) is 1. The summed E-state index contributed by atoms with van der Waals surface area (Å²) in [5.41, 5.74) is 3.71. The molecule has 4 rings (SSSR count). The van der Waals surface area contributed by atoms with Crippen molar-refractivity contribution < 1.29 is 9.53 Å². The minimum absolute atomic E-state index is 0.0588. The van der Waals surface area contributed by atoms with Crippen LogP contribution < -0.4 is 10.1 Å². The van der Waals surface area contributed by atoms with Crippen LogP contribution in [0.3, 0.4) is 0 Å². The molecule has 0 spiro atoms. The van der Waals surface area contributed by atoms with Crippen LogP contribution in [-0.2, 0) is 24.4 Å². The van der Waals surface area contributed by atoms with Gasteiger partial charge in [0.25, 0.3) is 0 Å². The number of anilines is 1. The van der Waals surface area contributed by atoms with Gasteiger partial charge in [0.1, 0.15) is 12.4 Å². The third kappa shape index (κ3) is 5.74. The number of rotatable bonds is 9. The van der Waals surface area contributed by atoms with E-state index < -0.39 is 0 Å². The molecule has 0 aliphatic carbocycles. The summed E-state index contributed by atoms with van der Waals surface area (Å²) in [5, 5.41) is 8.60. The molecule has 0 aliphatic rings. The Kier molecular flexibility index (Phi) is 6.82. The topological polar surface area (TPSA) is 59.4 Å². The number of aromatic nitrogens is 2.